The van der Waals surface area contributed by atoms with E-state index in [-0.39, 0.29) is 51.5 Å². The van der Waals surface area contributed by atoms with Gasteiger partial charge in [-0.1, -0.05) is 48.5 Å². The first-order chi connectivity index (χ1) is 17.6. The van der Waals surface area contributed by atoms with Crippen molar-refractivity contribution < 1.29 is 23.9 Å². The van der Waals surface area contributed by atoms with Gasteiger partial charge in [-0.2, -0.15) is 0 Å². The molecule has 0 aromatic rings. The number of hydrogen-bond acceptors (Lipinski definition) is 5. The molecule has 5 saturated carbocycles. The molecule has 0 radical (unpaired) electrons. The summed E-state index contributed by atoms with van der Waals surface area (Å²) in [5, 5.41) is 0. The highest BCUT2D eigenvalue weighted by atomic mass is 16.5. The van der Waals surface area contributed by atoms with Gasteiger partial charge in [-0.3, -0.25) is 14.4 Å². The highest BCUT2D eigenvalue weighted by molar-refractivity contribution is 5.87. The van der Waals surface area contributed by atoms with Gasteiger partial charge in [0.1, 0.15) is 11.9 Å². The smallest absolute Gasteiger partial charge is 0.312 e. The number of carbonyl (C=O) groups excluding carboxylic acids is 3. The van der Waals surface area contributed by atoms with Gasteiger partial charge in [0.2, 0.25) is 0 Å². The fraction of sp³-hybridized carbons (Fsp3) is 0.909. The molecule has 5 nitrogen and oxygen atoms in total. The van der Waals surface area contributed by atoms with Crippen molar-refractivity contribution in [3.8, 4) is 0 Å². The van der Waals surface area contributed by atoms with Crippen LogP contribution in [-0.2, 0) is 23.9 Å². The van der Waals surface area contributed by atoms with Gasteiger partial charge in [-0.05, 0) is 97.2 Å². The van der Waals surface area contributed by atoms with E-state index >= 15 is 0 Å². The van der Waals surface area contributed by atoms with Crippen LogP contribution < -0.4 is 0 Å². The molecule has 38 heavy (non-hydrogen) atoms. The first-order valence-electron chi connectivity index (χ1n) is 15.4. The molecule has 0 N–H and O–H groups in total. The summed E-state index contributed by atoms with van der Waals surface area (Å²) in [5.74, 6) is 1.64. The van der Waals surface area contributed by atoms with Gasteiger partial charge in [-0.15, -0.1) is 0 Å². The Morgan fingerprint density at radius 3 is 2.16 bits per heavy atom. The third kappa shape index (κ3) is 3.44. The van der Waals surface area contributed by atoms with Crippen molar-refractivity contribution in [1.29, 1.82) is 0 Å². The van der Waals surface area contributed by atoms with Crippen molar-refractivity contribution in [1.82, 2.24) is 0 Å². The van der Waals surface area contributed by atoms with Crippen LogP contribution >= 0.6 is 0 Å². The zero-order valence-electron chi connectivity index (χ0n) is 25.4. The third-order valence-corrected chi connectivity index (χ3v) is 14.2. The Morgan fingerprint density at radius 1 is 0.842 bits per heavy atom. The number of esters is 2. The molecule has 5 heteroatoms. The first-order valence-corrected chi connectivity index (χ1v) is 15.4. The quantitative estimate of drug-likeness (QED) is 0.361. The van der Waals surface area contributed by atoms with Gasteiger partial charge in [0.05, 0.1) is 12.5 Å². The van der Waals surface area contributed by atoms with Gasteiger partial charge in [0, 0.05) is 24.7 Å². The Kier molecular flexibility index (Phi) is 6.52. The second-order valence-corrected chi connectivity index (χ2v) is 15.6. The predicted molar refractivity (Wildman–Crippen MR) is 147 cm³/mol. The molecule has 5 aliphatic rings. The number of ketones is 1. The average Bonchev–Trinajstić information content (AvgIpc) is 2.84. The Bertz CT molecular complexity index is 1020. The maximum atomic E-state index is 14.6. The Labute approximate surface area is 230 Å². The zero-order valence-corrected chi connectivity index (χ0v) is 25.4. The van der Waals surface area contributed by atoms with Crippen LogP contribution in [0, 0.1) is 62.6 Å². The third-order valence-electron chi connectivity index (χ3n) is 14.2. The predicted octanol–water partition coefficient (Wildman–Crippen LogP) is 7.01. The molecule has 0 bridgehead atoms. The van der Waals surface area contributed by atoms with Crippen LogP contribution in [0.25, 0.3) is 0 Å². The van der Waals surface area contributed by atoms with E-state index in [1.807, 2.05) is 0 Å². The Hall–Kier alpha value is -1.39. The molecule has 0 unspecified atom stereocenters. The second kappa shape index (κ2) is 8.80. The second-order valence-electron chi connectivity index (χ2n) is 15.6. The summed E-state index contributed by atoms with van der Waals surface area (Å²) < 4.78 is 11.3. The maximum Gasteiger partial charge on any atom is 0.312 e. The van der Waals surface area contributed by atoms with Crippen molar-refractivity contribution in [2.24, 2.45) is 62.6 Å². The monoisotopic (exact) mass is 528 g/mol. The number of ether oxygens (including phenoxy) is 2. The van der Waals surface area contributed by atoms with Crippen LogP contribution in [0.1, 0.15) is 113 Å². The lowest BCUT2D eigenvalue weighted by Crippen LogP contribution is -2.70. The molecule has 0 aromatic heterocycles. The van der Waals surface area contributed by atoms with Crippen molar-refractivity contribution in [2.45, 2.75) is 119 Å². The van der Waals surface area contributed by atoms with Crippen molar-refractivity contribution in [3.05, 3.63) is 0 Å². The van der Waals surface area contributed by atoms with E-state index in [1.165, 1.54) is 14.0 Å². The minimum absolute atomic E-state index is 0.0269. The van der Waals surface area contributed by atoms with Crippen LogP contribution in [0.3, 0.4) is 0 Å². The molecule has 0 aliphatic heterocycles. The van der Waals surface area contributed by atoms with Crippen molar-refractivity contribution in [2.75, 3.05) is 7.11 Å². The minimum Gasteiger partial charge on any atom is -0.469 e. The van der Waals surface area contributed by atoms with Crippen LogP contribution in [0.15, 0.2) is 0 Å². The zero-order chi connectivity index (χ0) is 28.1. The fourth-order valence-electron chi connectivity index (χ4n) is 11.9. The molecule has 5 rings (SSSR count). The molecular weight excluding hydrogens is 476 g/mol. The van der Waals surface area contributed by atoms with E-state index in [0.29, 0.717) is 35.9 Å². The fourth-order valence-corrected chi connectivity index (χ4v) is 11.9. The number of fused-ring (bicyclic) bond motifs is 7. The largest absolute Gasteiger partial charge is 0.469 e. The van der Waals surface area contributed by atoms with Crippen LogP contribution in [-0.4, -0.2) is 30.9 Å². The molecule has 0 saturated heterocycles. The number of rotatable bonds is 2. The van der Waals surface area contributed by atoms with E-state index in [9.17, 15) is 14.4 Å². The topological polar surface area (TPSA) is 69.7 Å². The lowest BCUT2D eigenvalue weighted by atomic mass is 9.31. The summed E-state index contributed by atoms with van der Waals surface area (Å²) in [5.41, 5.74) is -0.718. The summed E-state index contributed by atoms with van der Waals surface area (Å²) in [6.45, 7) is 18.1. The van der Waals surface area contributed by atoms with E-state index in [4.69, 9.17) is 9.47 Å². The average molecular weight is 529 g/mol. The summed E-state index contributed by atoms with van der Waals surface area (Å²) >= 11 is 0. The number of Topliss-reactive ketones (excluding diaryl/α,β-unsaturated/α-hetero) is 1. The molecule has 0 aromatic carbocycles. The normalized spacial score (nSPS) is 51.5. The summed E-state index contributed by atoms with van der Waals surface area (Å²) in [6.07, 6.45) is 8.24. The standard InChI is InChI=1S/C33H52O5/c1-19-10-15-33(28(36)37-9)17-16-32(8)27(26(33)20(19)2)22(35)18-24-30(6)13-12-25(38-21(3)34)29(4,5)23(30)11-14-31(24,32)7/h19-20,23-27H,10-18H2,1-9H3/t19-,20-,23+,24+,25+,26+,27-,30+,31+,32-,33+/m1/s1. The molecule has 0 amide bonds. The van der Waals surface area contributed by atoms with Gasteiger partial charge in [0.15, 0.2) is 0 Å². The lowest BCUT2D eigenvalue weighted by Gasteiger charge is -2.73. The minimum atomic E-state index is -0.519. The molecule has 5 aliphatic carbocycles. The summed E-state index contributed by atoms with van der Waals surface area (Å²) in [7, 11) is 1.53. The van der Waals surface area contributed by atoms with E-state index in [0.717, 1.165) is 51.4 Å². The van der Waals surface area contributed by atoms with Gasteiger partial charge in [-0.25, -0.2) is 0 Å². The number of hydrogen-bond donors (Lipinski definition) is 0. The van der Waals surface area contributed by atoms with Gasteiger partial charge in [0.25, 0.3) is 0 Å². The highest BCUT2D eigenvalue weighted by Gasteiger charge is 2.73. The van der Waals surface area contributed by atoms with E-state index in [2.05, 4.69) is 48.5 Å². The number of carbonyl (C=O) groups is 3. The Morgan fingerprint density at radius 2 is 1.53 bits per heavy atom. The maximum absolute atomic E-state index is 14.6. The molecule has 5 fully saturated rings. The Balaban J connectivity index is 1.56. The summed E-state index contributed by atoms with van der Waals surface area (Å²) in [4.78, 5) is 40.0. The molecule has 214 valence electrons. The van der Waals surface area contributed by atoms with E-state index < -0.39 is 5.41 Å². The van der Waals surface area contributed by atoms with Crippen LogP contribution in [0.2, 0.25) is 0 Å². The van der Waals surface area contributed by atoms with Gasteiger partial charge >= 0.3 is 11.9 Å². The first kappa shape index (κ1) is 28.1. The highest BCUT2D eigenvalue weighted by Crippen LogP contribution is 2.76. The molecule has 11 atom stereocenters. The molecule has 0 spiro atoms. The molecular formula is C33H52O5. The van der Waals surface area contributed by atoms with Crippen LogP contribution in [0.4, 0.5) is 0 Å². The molecule has 0 heterocycles. The number of methoxy groups -OCH3 is 1. The lowest BCUT2D eigenvalue weighted by molar-refractivity contribution is -0.250. The SMILES string of the molecule is COC(=O)[C@]12CC[C@@H](C)[C@@H](C)[C@H]1[C@H]1C(=O)C[C@H]3[C@@]4(C)CC[C@H](OC(C)=O)C(C)(C)[C@@H]4CC[C@]3(C)[C@]1(C)CC2. The van der Waals surface area contributed by atoms with Crippen molar-refractivity contribution >= 4 is 17.7 Å². The van der Waals surface area contributed by atoms with Crippen molar-refractivity contribution in [3.63, 3.8) is 0 Å². The van der Waals surface area contributed by atoms with Crippen LogP contribution in [0.5, 0.6) is 0 Å². The summed E-state index contributed by atoms with van der Waals surface area (Å²) in [6, 6.07) is 0. The van der Waals surface area contributed by atoms with E-state index in [1.54, 1.807) is 0 Å². The van der Waals surface area contributed by atoms with Gasteiger partial charge < -0.3 is 9.47 Å².